The standard InChI is InChI=1S/C18H26N2O5S2/c1-14-4-5-16(12-15(14)2)26-11-6-18(22)25-13-17(21)19-7-9-20(10-8-19)27(3,23)24/h4-5,12H,6-11,13H2,1-3H3. The summed E-state index contributed by atoms with van der Waals surface area (Å²) in [5.41, 5.74) is 2.44. The minimum absolute atomic E-state index is 0.229. The van der Waals surface area contributed by atoms with E-state index in [4.69, 9.17) is 4.74 Å². The van der Waals surface area contributed by atoms with Gasteiger partial charge in [0.15, 0.2) is 6.61 Å². The molecule has 7 nitrogen and oxygen atoms in total. The number of hydrogen-bond acceptors (Lipinski definition) is 6. The maximum absolute atomic E-state index is 12.1. The Morgan fingerprint density at radius 3 is 2.37 bits per heavy atom. The number of carbonyl (C=O) groups is 2. The van der Waals surface area contributed by atoms with Crippen LogP contribution in [-0.2, 0) is 24.3 Å². The first-order chi connectivity index (χ1) is 12.7. The van der Waals surface area contributed by atoms with E-state index in [9.17, 15) is 18.0 Å². The van der Waals surface area contributed by atoms with Crippen molar-refractivity contribution >= 4 is 33.7 Å². The fourth-order valence-corrected chi connectivity index (χ4v) is 4.39. The number of ether oxygens (including phenoxy) is 1. The highest BCUT2D eigenvalue weighted by Crippen LogP contribution is 2.21. The summed E-state index contributed by atoms with van der Waals surface area (Å²) in [5, 5.41) is 0. The molecule has 1 heterocycles. The summed E-state index contributed by atoms with van der Waals surface area (Å²) in [6, 6.07) is 6.17. The van der Waals surface area contributed by atoms with Crippen molar-refractivity contribution < 1.29 is 22.7 Å². The summed E-state index contributed by atoms with van der Waals surface area (Å²) in [6.07, 6.45) is 1.38. The van der Waals surface area contributed by atoms with Crippen LogP contribution in [0.2, 0.25) is 0 Å². The number of esters is 1. The summed E-state index contributed by atoms with van der Waals surface area (Å²) >= 11 is 1.58. The van der Waals surface area contributed by atoms with Crippen LogP contribution in [0, 0.1) is 13.8 Å². The third-order valence-electron chi connectivity index (χ3n) is 4.47. The number of amides is 1. The summed E-state index contributed by atoms with van der Waals surface area (Å²) in [6.45, 7) is 4.97. The van der Waals surface area contributed by atoms with Crippen molar-refractivity contribution in [3.8, 4) is 0 Å². The van der Waals surface area contributed by atoms with E-state index in [1.165, 1.54) is 20.3 Å². The number of thioether (sulfide) groups is 1. The molecule has 1 fully saturated rings. The van der Waals surface area contributed by atoms with Crippen LogP contribution in [-0.4, -0.2) is 74.3 Å². The summed E-state index contributed by atoms with van der Waals surface area (Å²) in [4.78, 5) is 26.6. The number of rotatable bonds is 7. The molecule has 0 atom stereocenters. The van der Waals surface area contributed by atoms with Gasteiger partial charge >= 0.3 is 5.97 Å². The van der Waals surface area contributed by atoms with Gasteiger partial charge < -0.3 is 9.64 Å². The second-order valence-corrected chi connectivity index (χ2v) is 9.70. The second kappa shape index (κ2) is 9.57. The van der Waals surface area contributed by atoms with Crippen molar-refractivity contribution in [2.75, 3.05) is 44.8 Å². The zero-order valence-electron chi connectivity index (χ0n) is 15.9. The Morgan fingerprint density at radius 2 is 1.78 bits per heavy atom. The topological polar surface area (TPSA) is 84.0 Å². The number of sulfonamides is 1. The summed E-state index contributed by atoms with van der Waals surface area (Å²) in [7, 11) is -3.23. The lowest BCUT2D eigenvalue weighted by Crippen LogP contribution is -2.51. The Morgan fingerprint density at radius 1 is 1.11 bits per heavy atom. The van der Waals surface area contributed by atoms with Crippen LogP contribution in [0.5, 0.6) is 0 Å². The van der Waals surface area contributed by atoms with Crippen molar-refractivity contribution in [3.63, 3.8) is 0 Å². The average Bonchev–Trinajstić information content (AvgIpc) is 2.62. The third kappa shape index (κ3) is 6.82. The normalized spacial score (nSPS) is 15.6. The molecule has 0 bridgehead atoms. The predicted molar refractivity (Wildman–Crippen MR) is 105 cm³/mol. The van der Waals surface area contributed by atoms with Gasteiger partial charge in [0.1, 0.15) is 0 Å². The number of carbonyl (C=O) groups excluding carboxylic acids is 2. The van der Waals surface area contributed by atoms with Crippen molar-refractivity contribution in [2.45, 2.75) is 25.2 Å². The Hall–Kier alpha value is -1.58. The van der Waals surface area contributed by atoms with E-state index in [1.54, 1.807) is 11.8 Å². The Balaban J connectivity index is 1.66. The molecule has 0 aromatic heterocycles. The molecular weight excluding hydrogens is 388 g/mol. The molecule has 1 aliphatic rings. The van der Waals surface area contributed by atoms with E-state index in [2.05, 4.69) is 26.0 Å². The van der Waals surface area contributed by atoms with E-state index in [-0.39, 0.29) is 32.0 Å². The predicted octanol–water partition coefficient (Wildman–Crippen LogP) is 1.43. The SMILES string of the molecule is Cc1ccc(SCCC(=O)OCC(=O)N2CCN(S(C)(=O)=O)CC2)cc1C. The number of hydrogen-bond donors (Lipinski definition) is 0. The molecule has 150 valence electrons. The van der Waals surface area contributed by atoms with Gasteiger partial charge in [0.05, 0.1) is 12.7 Å². The van der Waals surface area contributed by atoms with Gasteiger partial charge in [-0.1, -0.05) is 6.07 Å². The van der Waals surface area contributed by atoms with Gasteiger partial charge in [-0.05, 0) is 37.1 Å². The smallest absolute Gasteiger partial charge is 0.307 e. The molecule has 1 aromatic carbocycles. The van der Waals surface area contributed by atoms with Gasteiger partial charge in [-0.2, -0.15) is 4.31 Å². The first kappa shape index (κ1) is 21.7. The van der Waals surface area contributed by atoms with Gasteiger partial charge in [0.2, 0.25) is 10.0 Å². The fraction of sp³-hybridized carbons (Fsp3) is 0.556. The molecular formula is C18H26N2O5S2. The van der Waals surface area contributed by atoms with Crippen LogP contribution in [0.1, 0.15) is 17.5 Å². The van der Waals surface area contributed by atoms with Crippen LogP contribution in [0.4, 0.5) is 0 Å². The van der Waals surface area contributed by atoms with Gasteiger partial charge in [-0.25, -0.2) is 8.42 Å². The molecule has 1 amide bonds. The number of nitrogens with zero attached hydrogens (tertiary/aromatic N) is 2. The van der Waals surface area contributed by atoms with Gasteiger partial charge in [-0.15, -0.1) is 11.8 Å². The lowest BCUT2D eigenvalue weighted by molar-refractivity contribution is -0.152. The molecule has 27 heavy (non-hydrogen) atoms. The Bertz CT molecular complexity index is 787. The van der Waals surface area contributed by atoms with Gasteiger partial charge in [-0.3, -0.25) is 9.59 Å². The van der Waals surface area contributed by atoms with Crippen LogP contribution >= 0.6 is 11.8 Å². The minimum atomic E-state index is -3.23. The molecule has 2 rings (SSSR count). The highest BCUT2D eigenvalue weighted by Gasteiger charge is 2.26. The first-order valence-electron chi connectivity index (χ1n) is 8.75. The molecule has 0 aliphatic carbocycles. The zero-order chi connectivity index (χ0) is 20.0. The third-order valence-corrected chi connectivity index (χ3v) is 6.77. The molecule has 0 spiro atoms. The molecule has 0 saturated carbocycles. The quantitative estimate of drug-likeness (QED) is 0.496. The van der Waals surface area contributed by atoms with E-state index in [0.29, 0.717) is 18.8 Å². The number of benzene rings is 1. The maximum Gasteiger partial charge on any atom is 0.307 e. The van der Waals surface area contributed by atoms with Crippen molar-refractivity contribution in [1.29, 1.82) is 0 Å². The molecule has 9 heteroatoms. The number of piperazine rings is 1. The Kier molecular flexibility index (Phi) is 7.69. The molecule has 0 N–H and O–H groups in total. The van der Waals surface area contributed by atoms with Crippen molar-refractivity contribution in [1.82, 2.24) is 9.21 Å². The molecule has 1 saturated heterocycles. The zero-order valence-corrected chi connectivity index (χ0v) is 17.6. The highest BCUT2D eigenvalue weighted by atomic mass is 32.2. The van der Waals surface area contributed by atoms with Gasteiger partial charge in [0, 0.05) is 36.8 Å². The Labute approximate surface area is 165 Å². The van der Waals surface area contributed by atoms with E-state index < -0.39 is 16.0 Å². The molecule has 0 unspecified atom stereocenters. The maximum atomic E-state index is 12.1. The van der Waals surface area contributed by atoms with Crippen molar-refractivity contribution in [2.24, 2.45) is 0 Å². The average molecular weight is 415 g/mol. The van der Waals surface area contributed by atoms with E-state index in [0.717, 1.165) is 11.2 Å². The number of aryl methyl sites for hydroxylation is 2. The van der Waals surface area contributed by atoms with Gasteiger partial charge in [0.25, 0.3) is 5.91 Å². The van der Waals surface area contributed by atoms with Crippen LogP contribution in [0.3, 0.4) is 0 Å². The van der Waals surface area contributed by atoms with E-state index >= 15 is 0 Å². The van der Waals surface area contributed by atoms with E-state index in [1.807, 2.05) is 6.07 Å². The van der Waals surface area contributed by atoms with Crippen LogP contribution in [0.15, 0.2) is 23.1 Å². The fourth-order valence-electron chi connectivity index (χ4n) is 2.63. The first-order valence-corrected chi connectivity index (χ1v) is 11.6. The molecule has 1 aliphatic heterocycles. The second-order valence-electron chi connectivity index (χ2n) is 6.55. The van der Waals surface area contributed by atoms with Crippen LogP contribution < -0.4 is 0 Å². The monoisotopic (exact) mass is 414 g/mol. The summed E-state index contributed by atoms with van der Waals surface area (Å²) in [5.74, 6) is -0.115. The molecule has 0 radical (unpaired) electrons. The molecule has 1 aromatic rings. The van der Waals surface area contributed by atoms with Crippen LogP contribution in [0.25, 0.3) is 0 Å². The minimum Gasteiger partial charge on any atom is -0.456 e. The lowest BCUT2D eigenvalue weighted by atomic mass is 10.1. The van der Waals surface area contributed by atoms with Crippen molar-refractivity contribution in [3.05, 3.63) is 29.3 Å². The summed E-state index contributed by atoms with van der Waals surface area (Å²) < 4.78 is 29.3. The largest absolute Gasteiger partial charge is 0.456 e. The lowest BCUT2D eigenvalue weighted by Gasteiger charge is -2.33. The highest BCUT2D eigenvalue weighted by molar-refractivity contribution is 7.99.